The van der Waals surface area contributed by atoms with Crippen LogP contribution < -0.4 is 0 Å². The van der Waals surface area contributed by atoms with Crippen LogP contribution in [0.15, 0.2) is 9.57 Å². The number of oxime groups is 1. The molecule has 1 heterocycles. The van der Waals surface area contributed by atoms with Gasteiger partial charge < -0.3 is 9.62 Å². The summed E-state index contributed by atoms with van der Waals surface area (Å²) in [4.78, 5) is 0. The van der Waals surface area contributed by atoms with E-state index >= 15 is 0 Å². The summed E-state index contributed by atoms with van der Waals surface area (Å²) in [5.74, 6) is 2.20. The molecule has 0 spiro atoms. The minimum atomic E-state index is 0.836. The van der Waals surface area contributed by atoms with Crippen molar-refractivity contribution in [3.63, 3.8) is 0 Å². The van der Waals surface area contributed by atoms with E-state index in [4.69, 9.17) is 9.62 Å². The lowest BCUT2D eigenvalue weighted by molar-refractivity contribution is 0.317. The maximum atomic E-state index is 9.00. The van der Waals surface area contributed by atoms with Gasteiger partial charge in [0.25, 0.3) is 0 Å². The molecule has 0 saturated carbocycles. The summed E-state index contributed by atoms with van der Waals surface area (Å²) in [6.45, 7) is 0. The summed E-state index contributed by atoms with van der Waals surface area (Å²) in [7, 11) is 0. The molecule has 0 aromatic carbocycles. The van der Waals surface area contributed by atoms with Gasteiger partial charge >= 0.3 is 0 Å². The second-order valence-corrected chi connectivity index (χ2v) is 4.41. The van der Waals surface area contributed by atoms with Crippen LogP contribution in [0.5, 0.6) is 0 Å². The minimum absolute atomic E-state index is 0.836. The highest BCUT2D eigenvalue weighted by molar-refractivity contribution is 6.03. The van der Waals surface area contributed by atoms with Crippen molar-refractivity contribution in [2.75, 3.05) is 0 Å². The second-order valence-electron chi connectivity index (χ2n) is 4.41. The van der Waals surface area contributed by atoms with Gasteiger partial charge in [-0.15, -0.1) is 0 Å². The van der Waals surface area contributed by atoms with Crippen molar-refractivity contribution in [3.8, 4) is 0 Å². The molecule has 0 aliphatic heterocycles. The second kappa shape index (κ2) is 3.40. The number of aryl methyl sites for hydroxylation is 2. The lowest BCUT2D eigenvalue weighted by Gasteiger charge is -2.14. The Morgan fingerprint density at radius 3 is 2.60 bits per heavy atom. The molecule has 1 aromatic heterocycles. The number of furan rings is 1. The zero-order valence-electron chi connectivity index (χ0n) is 8.75. The average molecular weight is 205 g/mol. The number of nitrogens with zero attached hydrogens (tertiary/aromatic N) is 1. The Balaban J connectivity index is 2.16. The van der Waals surface area contributed by atoms with E-state index in [1.807, 2.05) is 0 Å². The van der Waals surface area contributed by atoms with E-state index in [1.54, 1.807) is 0 Å². The molecule has 0 radical (unpaired) electrons. The van der Waals surface area contributed by atoms with E-state index in [1.165, 1.54) is 18.4 Å². The maximum Gasteiger partial charge on any atom is 0.113 e. The van der Waals surface area contributed by atoms with Gasteiger partial charge in [0.2, 0.25) is 0 Å². The molecule has 1 aromatic rings. The Hall–Kier alpha value is -1.25. The molecule has 3 rings (SSSR count). The highest BCUT2D eigenvalue weighted by Gasteiger charge is 2.28. The highest BCUT2D eigenvalue weighted by Crippen LogP contribution is 2.34. The van der Waals surface area contributed by atoms with Crippen molar-refractivity contribution in [2.45, 2.75) is 44.9 Å². The van der Waals surface area contributed by atoms with E-state index in [2.05, 4.69) is 5.16 Å². The average Bonchev–Trinajstić information content (AvgIpc) is 2.67. The van der Waals surface area contributed by atoms with Crippen LogP contribution in [-0.4, -0.2) is 10.9 Å². The largest absolute Gasteiger partial charge is 0.465 e. The fraction of sp³-hybridized carbons (Fsp3) is 0.583. The first-order chi connectivity index (χ1) is 7.40. The van der Waals surface area contributed by atoms with Gasteiger partial charge in [-0.1, -0.05) is 5.16 Å². The molecular formula is C12H15NO2. The van der Waals surface area contributed by atoms with Gasteiger partial charge in [0, 0.05) is 24.0 Å². The number of hydrogen-bond donors (Lipinski definition) is 1. The Bertz CT molecular complexity index is 418. The van der Waals surface area contributed by atoms with Crippen molar-refractivity contribution in [1.82, 2.24) is 0 Å². The van der Waals surface area contributed by atoms with Crippen LogP contribution in [0.2, 0.25) is 0 Å². The lowest BCUT2D eigenvalue weighted by atomic mass is 9.88. The van der Waals surface area contributed by atoms with Crippen LogP contribution in [0.25, 0.3) is 0 Å². The molecule has 0 fully saturated rings. The third-order valence-electron chi connectivity index (χ3n) is 3.47. The molecule has 2 aliphatic rings. The van der Waals surface area contributed by atoms with E-state index < -0.39 is 0 Å². The van der Waals surface area contributed by atoms with Crippen molar-refractivity contribution in [2.24, 2.45) is 5.16 Å². The summed E-state index contributed by atoms with van der Waals surface area (Å²) in [5.41, 5.74) is 3.30. The molecule has 0 amide bonds. The molecular weight excluding hydrogens is 190 g/mol. The van der Waals surface area contributed by atoms with E-state index in [0.717, 1.165) is 54.9 Å². The Labute approximate surface area is 88.8 Å². The molecule has 0 saturated heterocycles. The summed E-state index contributed by atoms with van der Waals surface area (Å²) in [6.07, 6.45) is 7.53. The molecule has 0 bridgehead atoms. The smallest absolute Gasteiger partial charge is 0.113 e. The van der Waals surface area contributed by atoms with Crippen LogP contribution >= 0.6 is 0 Å². The van der Waals surface area contributed by atoms with E-state index in [-0.39, 0.29) is 0 Å². The molecule has 3 heteroatoms. The van der Waals surface area contributed by atoms with Crippen LogP contribution in [0, 0.1) is 0 Å². The van der Waals surface area contributed by atoms with E-state index in [0.29, 0.717) is 0 Å². The third kappa shape index (κ3) is 1.29. The number of fused-ring (bicyclic) bond motifs is 3. The first-order valence-corrected chi connectivity index (χ1v) is 5.75. The highest BCUT2D eigenvalue weighted by atomic mass is 16.4. The molecule has 80 valence electrons. The van der Waals surface area contributed by atoms with Gasteiger partial charge in [-0.25, -0.2) is 0 Å². The Morgan fingerprint density at radius 2 is 1.73 bits per heavy atom. The zero-order valence-corrected chi connectivity index (χ0v) is 8.75. The fourth-order valence-electron chi connectivity index (χ4n) is 2.78. The Kier molecular flexibility index (Phi) is 2.04. The molecule has 0 unspecified atom stereocenters. The molecule has 2 aliphatic carbocycles. The molecule has 15 heavy (non-hydrogen) atoms. The number of hydrogen-bond acceptors (Lipinski definition) is 3. The summed E-state index contributed by atoms with van der Waals surface area (Å²) < 4.78 is 5.87. The predicted molar refractivity (Wildman–Crippen MR) is 56.6 cm³/mol. The van der Waals surface area contributed by atoms with Gasteiger partial charge in [0.1, 0.15) is 11.5 Å². The van der Waals surface area contributed by atoms with Crippen LogP contribution in [-0.2, 0) is 19.3 Å². The van der Waals surface area contributed by atoms with Crippen LogP contribution in [0.4, 0.5) is 0 Å². The first-order valence-electron chi connectivity index (χ1n) is 5.75. The van der Waals surface area contributed by atoms with Crippen LogP contribution in [0.3, 0.4) is 0 Å². The Morgan fingerprint density at radius 1 is 0.933 bits per heavy atom. The monoisotopic (exact) mass is 205 g/mol. The van der Waals surface area contributed by atoms with Gasteiger partial charge in [0.15, 0.2) is 0 Å². The third-order valence-corrected chi connectivity index (χ3v) is 3.47. The van der Waals surface area contributed by atoms with Crippen LogP contribution in [0.1, 0.15) is 48.3 Å². The maximum absolute atomic E-state index is 9.00. The quantitative estimate of drug-likeness (QED) is 0.522. The lowest BCUT2D eigenvalue weighted by Crippen LogP contribution is -2.13. The van der Waals surface area contributed by atoms with Crippen molar-refractivity contribution in [3.05, 3.63) is 22.6 Å². The van der Waals surface area contributed by atoms with Gasteiger partial charge in [-0.05, 0) is 32.1 Å². The first kappa shape index (κ1) is 9.01. The normalized spacial score (nSPS) is 22.5. The zero-order chi connectivity index (χ0) is 10.3. The number of rotatable bonds is 0. The van der Waals surface area contributed by atoms with Gasteiger partial charge in [0.05, 0.1) is 5.71 Å². The van der Waals surface area contributed by atoms with Crippen molar-refractivity contribution >= 4 is 5.71 Å². The summed E-state index contributed by atoms with van der Waals surface area (Å²) >= 11 is 0. The SMILES string of the molecule is O/N=C1\CCCc2oc3c(c21)CCCC3. The van der Waals surface area contributed by atoms with Crippen molar-refractivity contribution < 1.29 is 9.62 Å². The summed E-state index contributed by atoms with van der Waals surface area (Å²) in [6, 6.07) is 0. The topological polar surface area (TPSA) is 45.7 Å². The standard InChI is InChI=1S/C12H15NO2/c14-13-9-5-3-7-11-12(9)8-4-1-2-6-10(8)15-11/h14H,1-7H2/b13-9+. The summed E-state index contributed by atoms with van der Waals surface area (Å²) in [5, 5.41) is 12.4. The predicted octanol–water partition coefficient (Wildman–Crippen LogP) is 2.67. The fourth-order valence-corrected chi connectivity index (χ4v) is 2.78. The van der Waals surface area contributed by atoms with Gasteiger partial charge in [-0.2, -0.15) is 0 Å². The molecule has 3 nitrogen and oxygen atoms in total. The molecule has 1 N–H and O–H groups in total. The minimum Gasteiger partial charge on any atom is -0.465 e. The van der Waals surface area contributed by atoms with Crippen molar-refractivity contribution in [1.29, 1.82) is 0 Å². The van der Waals surface area contributed by atoms with Gasteiger partial charge in [-0.3, -0.25) is 0 Å². The van der Waals surface area contributed by atoms with E-state index in [9.17, 15) is 0 Å². The molecule has 0 atom stereocenters.